The molecule has 0 aliphatic heterocycles. The molecular weight excluding hydrogens is 341 g/mol. The molecule has 0 fully saturated rings. The number of aryl methyl sites for hydroxylation is 2. The molecule has 0 bridgehead atoms. The van der Waals surface area contributed by atoms with E-state index in [1.807, 2.05) is 31.8 Å². The van der Waals surface area contributed by atoms with E-state index in [0.29, 0.717) is 0 Å². The van der Waals surface area contributed by atoms with Gasteiger partial charge in [0.2, 0.25) is 0 Å². The van der Waals surface area contributed by atoms with Crippen LogP contribution in [0.25, 0.3) is 11.4 Å². The first-order valence-corrected chi connectivity index (χ1v) is 6.89. The number of nitrogens with one attached hydrogen (secondary N) is 1. The van der Waals surface area contributed by atoms with Crippen LogP contribution in [0.2, 0.25) is 0 Å². The molecule has 0 spiro atoms. The molecule has 0 saturated heterocycles. The molecule has 2 rings (SSSR count). The zero-order valence-electron chi connectivity index (χ0n) is 11.0. The molecule has 96 valence electrons. The lowest BCUT2D eigenvalue weighted by molar-refractivity contribution is 0.731. The molecule has 0 saturated carbocycles. The smallest absolute Gasteiger partial charge is 0.165 e. The fraction of sp³-hybridized carbons (Fsp3) is 0.417. The number of rotatable bonds is 3. The summed E-state index contributed by atoms with van der Waals surface area (Å²) in [4.78, 5) is 9.00. The van der Waals surface area contributed by atoms with Gasteiger partial charge in [-0.15, -0.1) is 0 Å². The van der Waals surface area contributed by atoms with Crippen LogP contribution in [0, 0.1) is 17.4 Å². The Balaban J connectivity index is 2.54. The summed E-state index contributed by atoms with van der Waals surface area (Å²) in [5.74, 6) is 1.61. The van der Waals surface area contributed by atoms with Crippen molar-refractivity contribution in [1.82, 2.24) is 19.7 Å². The first-order valence-electron chi connectivity index (χ1n) is 5.81. The summed E-state index contributed by atoms with van der Waals surface area (Å²) in [6, 6.07) is 0. The SMILES string of the molecule is CCNc1nc(-c2c(C)nn(C)c2C)ncc1I. The number of hydrogen-bond acceptors (Lipinski definition) is 4. The summed E-state index contributed by atoms with van der Waals surface area (Å²) < 4.78 is 2.89. The Morgan fingerprint density at radius 2 is 2.11 bits per heavy atom. The van der Waals surface area contributed by atoms with E-state index in [1.165, 1.54) is 0 Å². The Hall–Kier alpha value is -1.18. The second-order valence-corrected chi connectivity index (χ2v) is 5.25. The van der Waals surface area contributed by atoms with Gasteiger partial charge in [0.25, 0.3) is 0 Å². The quantitative estimate of drug-likeness (QED) is 0.858. The highest BCUT2D eigenvalue weighted by Crippen LogP contribution is 2.25. The van der Waals surface area contributed by atoms with Crippen LogP contribution in [-0.2, 0) is 7.05 Å². The van der Waals surface area contributed by atoms with Gasteiger partial charge in [0.1, 0.15) is 5.82 Å². The zero-order chi connectivity index (χ0) is 13.3. The molecule has 0 radical (unpaired) electrons. The summed E-state index contributed by atoms with van der Waals surface area (Å²) in [6.07, 6.45) is 1.84. The minimum absolute atomic E-state index is 0.731. The Kier molecular flexibility index (Phi) is 3.84. The van der Waals surface area contributed by atoms with Crippen LogP contribution in [0.5, 0.6) is 0 Å². The molecule has 2 aromatic rings. The Bertz CT molecular complexity index is 576. The van der Waals surface area contributed by atoms with Crippen molar-refractivity contribution < 1.29 is 0 Å². The van der Waals surface area contributed by atoms with Crippen LogP contribution in [0.3, 0.4) is 0 Å². The second kappa shape index (κ2) is 5.21. The molecule has 0 unspecified atom stereocenters. The third-order valence-electron chi connectivity index (χ3n) is 2.82. The normalized spacial score (nSPS) is 10.7. The van der Waals surface area contributed by atoms with Gasteiger partial charge in [0.05, 0.1) is 14.8 Å². The number of hydrogen-bond donors (Lipinski definition) is 1. The van der Waals surface area contributed by atoms with Crippen molar-refractivity contribution in [3.05, 3.63) is 21.2 Å². The fourth-order valence-electron chi connectivity index (χ4n) is 1.88. The first-order chi connectivity index (χ1) is 8.54. The molecule has 2 aromatic heterocycles. The Morgan fingerprint density at radius 3 is 2.67 bits per heavy atom. The van der Waals surface area contributed by atoms with E-state index in [0.717, 1.165) is 38.7 Å². The third kappa shape index (κ3) is 2.33. The minimum atomic E-state index is 0.731. The van der Waals surface area contributed by atoms with Gasteiger partial charge in [-0.25, -0.2) is 9.97 Å². The van der Waals surface area contributed by atoms with Crippen LogP contribution < -0.4 is 5.32 Å². The zero-order valence-corrected chi connectivity index (χ0v) is 13.1. The summed E-state index contributed by atoms with van der Waals surface area (Å²) >= 11 is 2.23. The highest BCUT2D eigenvalue weighted by atomic mass is 127. The average molecular weight is 357 g/mol. The van der Waals surface area contributed by atoms with Gasteiger partial charge in [-0.05, 0) is 43.4 Å². The highest BCUT2D eigenvalue weighted by Gasteiger charge is 2.15. The van der Waals surface area contributed by atoms with Crippen molar-refractivity contribution in [2.75, 3.05) is 11.9 Å². The molecule has 0 aromatic carbocycles. The molecule has 0 atom stereocenters. The van der Waals surface area contributed by atoms with Crippen LogP contribution in [0.1, 0.15) is 18.3 Å². The number of anilines is 1. The highest BCUT2D eigenvalue weighted by molar-refractivity contribution is 14.1. The van der Waals surface area contributed by atoms with Crippen LogP contribution in [-0.4, -0.2) is 26.3 Å². The fourth-order valence-corrected chi connectivity index (χ4v) is 2.33. The van der Waals surface area contributed by atoms with Gasteiger partial charge in [-0.3, -0.25) is 4.68 Å². The van der Waals surface area contributed by atoms with Crippen molar-refractivity contribution in [2.24, 2.45) is 7.05 Å². The summed E-state index contributed by atoms with van der Waals surface area (Å²) in [5.41, 5.74) is 3.06. The molecule has 18 heavy (non-hydrogen) atoms. The van der Waals surface area contributed by atoms with Gasteiger partial charge in [-0.1, -0.05) is 0 Å². The van der Waals surface area contributed by atoms with Crippen molar-refractivity contribution in [3.8, 4) is 11.4 Å². The average Bonchev–Trinajstić information content (AvgIpc) is 2.57. The third-order valence-corrected chi connectivity index (χ3v) is 3.61. The monoisotopic (exact) mass is 357 g/mol. The van der Waals surface area contributed by atoms with E-state index < -0.39 is 0 Å². The summed E-state index contributed by atoms with van der Waals surface area (Å²) in [6.45, 7) is 6.91. The molecule has 0 aliphatic rings. The van der Waals surface area contributed by atoms with Crippen molar-refractivity contribution in [1.29, 1.82) is 0 Å². The number of halogens is 1. The molecule has 6 heteroatoms. The van der Waals surface area contributed by atoms with Gasteiger partial charge in [0, 0.05) is 25.5 Å². The molecule has 0 amide bonds. The van der Waals surface area contributed by atoms with E-state index in [4.69, 9.17) is 0 Å². The largest absolute Gasteiger partial charge is 0.369 e. The van der Waals surface area contributed by atoms with Gasteiger partial charge in [-0.2, -0.15) is 5.10 Å². The lowest BCUT2D eigenvalue weighted by atomic mass is 10.2. The van der Waals surface area contributed by atoms with Crippen molar-refractivity contribution >= 4 is 28.4 Å². The molecule has 1 N–H and O–H groups in total. The molecular formula is C12H16IN5. The van der Waals surface area contributed by atoms with Crippen molar-refractivity contribution in [2.45, 2.75) is 20.8 Å². The van der Waals surface area contributed by atoms with Crippen LogP contribution in [0.4, 0.5) is 5.82 Å². The Labute approximate surface area is 120 Å². The maximum Gasteiger partial charge on any atom is 0.165 e. The predicted octanol–water partition coefficient (Wildman–Crippen LogP) is 2.53. The second-order valence-electron chi connectivity index (χ2n) is 4.09. The number of nitrogens with zero attached hydrogens (tertiary/aromatic N) is 4. The summed E-state index contributed by atoms with van der Waals surface area (Å²) in [5, 5.41) is 7.65. The standard InChI is InChI=1S/C12H16IN5/c1-5-14-11-9(13)6-15-12(16-11)10-7(2)17-18(4)8(10)3/h6H,5H2,1-4H3,(H,14,15,16). The van der Waals surface area contributed by atoms with E-state index in [9.17, 15) is 0 Å². The topological polar surface area (TPSA) is 55.6 Å². The lowest BCUT2D eigenvalue weighted by Gasteiger charge is -2.07. The van der Waals surface area contributed by atoms with Gasteiger partial charge >= 0.3 is 0 Å². The maximum absolute atomic E-state index is 4.58. The van der Waals surface area contributed by atoms with E-state index in [2.05, 4.69) is 49.9 Å². The minimum Gasteiger partial charge on any atom is -0.369 e. The van der Waals surface area contributed by atoms with E-state index in [-0.39, 0.29) is 0 Å². The van der Waals surface area contributed by atoms with Gasteiger partial charge in [0.15, 0.2) is 5.82 Å². The van der Waals surface area contributed by atoms with Crippen LogP contribution in [0.15, 0.2) is 6.20 Å². The van der Waals surface area contributed by atoms with Gasteiger partial charge < -0.3 is 5.32 Å². The van der Waals surface area contributed by atoms with Crippen molar-refractivity contribution in [3.63, 3.8) is 0 Å². The lowest BCUT2D eigenvalue weighted by Crippen LogP contribution is -2.04. The number of aromatic nitrogens is 4. The predicted molar refractivity (Wildman–Crippen MR) is 80.6 cm³/mol. The molecule has 2 heterocycles. The molecule has 5 nitrogen and oxygen atoms in total. The summed E-state index contributed by atoms with van der Waals surface area (Å²) in [7, 11) is 1.93. The van der Waals surface area contributed by atoms with E-state index >= 15 is 0 Å². The first kappa shape index (κ1) is 13.3. The Morgan fingerprint density at radius 1 is 1.39 bits per heavy atom. The van der Waals surface area contributed by atoms with Crippen LogP contribution >= 0.6 is 22.6 Å². The van der Waals surface area contributed by atoms with E-state index in [1.54, 1.807) is 0 Å². The molecule has 0 aliphatic carbocycles. The maximum atomic E-state index is 4.58.